The van der Waals surface area contributed by atoms with E-state index >= 15 is 0 Å². The summed E-state index contributed by atoms with van der Waals surface area (Å²) < 4.78 is 5.48. The van der Waals surface area contributed by atoms with Crippen LogP contribution in [0.3, 0.4) is 0 Å². The van der Waals surface area contributed by atoms with E-state index < -0.39 is 0 Å². The summed E-state index contributed by atoms with van der Waals surface area (Å²) in [5.74, 6) is 0.0980. The van der Waals surface area contributed by atoms with Gasteiger partial charge in [0.2, 0.25) is 5.91 Å². The van der Waals surface area contributed by atoms with E-state index in [0.717, 1.165) is 18.4 Å². The van der Waals surface area contributed by atoms with Crippen molar-refractivity contribution in [3.8, 4) is 0 Å². The summed E-state index contributed by atoms with van der Waals surface area (Å²) in [6.07, 6.45) is 1.52. The maximum atomic E-state index is 12.4. The van der Waals surface area contributed by atoms with Crippen LogP contribution >= 0.6 is 11.6 Å². The van der Waals surface area contributed by atoms with Crippen molar-refractivity contribution >= 4 is 23.4 Å². The van der Waals surface area contributed by atoms with E-state index in [-0.39, 0.29) is 24.0 Å². The molecule has 7 heteroatoms. The van der Waals surface area contributed by atoms with Crippen LogP contribution in [-0.4, -0.2) is 66.5 Å². The molecule has 3 rings (SSSR count). The van der Waals surface area contributed by atoms with E-state index in [1.165, 1.54) is 0 Å². The highest BCUT2D eigenvalue weighted by atomic mass is 35.5. The molecule has 2 unspecified atom stereocenters. The Morgan fingerprint density at radius 2 is 1.92 bits per heavy atom. The molecule has 2 saturated heterocycles. The lowest BCUT2D eigenvalue weighted by Crippen LogP contribution is -2.56. The quantitative estimate of drug-likeness (QED) is 0.845. The van der Waals surface area contributed by atoms with E-state index in [2.05, 4.69) is 10.2 Å². The first-order valence-corrected chi connectivity index (χ1v) is 9.59. The van der Waals surface area contributed by atoms with Crippen LogP contribution in [0.15, 0.2) is 24.3 Å². The maximum absolute atomic E-state index is 12.4. The number of piperazine rings is 1. The molecule has 0 aromatic heterocycles. The largest absolute Gasteiger partial charge is 0.368 e. The molecule has 2 fully saturated rings. The van der Waals surface area contributed by atoms with Gasteiger partial charge in [-0.3, -0.25) is 14.5 Å². The summed E-state index contributed by atoms with van der Waals surface area (Å²) in [5.41, 5.74) is 1.02. The van der Waals surface area contributed by atoms with Crippen molar-refractivity contribution in [1.29, 1.82) is 0 Å². The van der Waals surface area contributed by atoms with Gasteiger partial charge in [-0.2, -0.15) is 0 Å². The van der Waals surface area contributed by atoms with Gasteiger partial charge < -0.3 is 15.0 Å². The molecule has 2 heterocycles. The summed E-state index contributed by atoms with van der Waals surface area (Å²) in [7, 11) is 0. The fourth-order valence-electron chi connectivity index (χ4n) is 3.41. The fourth-order valence-corrected chi connectivity index (χ4v) is 3.54. The zero-order chi connectivity index (χ0) is 18.5. The van der Waals surface area contributed by atoms with Gasteiger partial charge in [-0.05, 0) is 37.5 Å². The fraction of sp³-hybridized carbons (Fsp3) is 0.579. The van der Waals surface area contributed by atoms with Crippen LogP contribution < -0.4 is 5.32 Å². The Hall–Kier alpha value is -1.63. The van der Waals surface area contributed by atoms with Gasteiger partial charge >= 0.3 is 0 Å². The molecule has 2 amide bonds. The van der Waals surface area contributed by atoms with Crippen LogP contribution in [0.1, 0.15) is 25.3 Å². The number of rotatable bonds is 5. The van der Waals surface area contributed by atoms with Gasteiger partial charge in [0.05, 0.1) is 6.04 Å². The molecule has 2 aliphatic heterocycles. The second-order valence-electron chi connectivity index (χ2n) is 6.88. The Morgan fingerprint density at radius 1 is 1.23 bits per heavy atom. The molecule has 0 radical (unpaired) electrons. The Balaban J connectivity index is 1.43. The van der Waals surface area contributed by atoms with Gasteiger partial charge in [-0.1, -0.05) is 23.7 Å². The van der Waals surface area contributed by atoms with Crippen molar-refractivity contribution in [2.24, 2.45) is 0 Å². The molecule has 142 valence electrons. The number of nitrogens with zero attached hydrogens (tertiary/aromatic N) is 2. The van der Waals surface area contributed by atoms with Crippen LogP contribution in [0.5, 0.6) is 0 Å². The normalized spacial score (nSPS) is 22.2. The Kier molecular flexibility index (Phi) is 6.51. The third-order valence-corrected chi connectivity index (χ3v) is 5.39. The second kappa shape index (κ2) is 8.84. The van der Waals surface area contributed by atoms with Crippen LogP contribution in [0.4, 0.5) is 0 Å². The smallest absolute Gasteiger partial charge is 0.251 e. The number of hydrogen-bond donors (Lipinski definition) is 1. The highest BCUT2D eigenvalue weighted by Gasteiger charge is 2.32. The molecular formula is C19H26ClN3O3. The number of amides is 2. The minimum atomic E-state index is -0.262. The topological polar surface area (TPSA) is 61.9 Å². The third-order valence-electron chi connectivity index (χ3n) is 5.14. The molecule has 2 atom stereocenters. The van der Waals surface area contributed by atoms with Crippen molar-refractivity contribution in [2.45, 2.75) is 38.5 Å². The summed E-state index contributed by atoms with van der Waals surface area (Å²) >= 11 is 5.87. The Morgan fingerprint density at radius 3 is 2.54 bits per heavy atom. The SMILES string of the molecule is CC(C(=O)NCc1ccc(Cl)cc1)N1CCN(C(=O)C2CCCO2)CC1. The molecule has 0 aliphatic carbocycles. The number of benzene rings is 1. The molecule has 1 aromatic carbocycles. The van der Waals surface area contributed by atoms with Crippen molar-refractivity contribution in [2.75, 3.05) is 32.8 Å². The van der Waals surface area contributed by atoms with Crippen LogP contribution in [0.25, 0.3) is 0 Å². The van der Waals surface area contributed by atoms with Gasteiger partial charge in [0.1, 0.15) is 6.10 Å². The minimum Gasteiger partial charge on any atom is -0.368 e. The van der Waals surface area contributed by atoms with Crippen LogP contribution in [0.2, 0.25) is 5.02 Å². The molecule has 1 N–H and O–H groups in total. The van der Waals surface area contributed by atoms with E-state index in [4.69, 9.17) is 16.3 Å². The summed E-state index contributed by atoms with van der Waals surface area (Å²) in [4.78, 5) is 28.8. The zero-order valence-corrected chi connectivity index (χ0v) is 15.9. The van der Waals surface area contributed by atoms with Crippen LogP contribution in [0, 0.1) is 0 Å². The number of halogens is 1. The minimum absolute atomic E-state index is 0.00106. The second-order valence-corrected chi connectivity index (χ2v) is 7.32. The lowest BCUT2D eigenvalue weighted by Gasteiger charge is -2.38. The lowest BCUT2D eigenvalue weighted by molar-refractivity contribution is -0.143. The Labute approximate surface area is 159 Å². The summed E-state index contributed by atoms with van der Waals surface area (Å²) in [5, 5.41) is 3.65. The van der Waals surface area contributed by atoms with E-state index in [0.29, 0.717) is 44.4 Å². The molecule has 1 aromatic rings. The highest BCUT2D eigenvalue weighted by molar-refractivity contribution is 6.30. The van der Waals surface area contributed by atoms with E-state index in [1.807, 2.05) is 36.1 Å². The number of carbonyl (C=O) groups is 2. The molecule has 6 nitrogen and oxygen atoms in total. The first-order valence-electron chi connectivity index (χ1n) is 9.21. The van der Waals surface area contributed by atoms with Gasteiger partial charge in [0.15, 0.2) is 0 Å². The van der Waals surface area contributed by atoms with E-state index in [9.17, 15) is 9.59 Å². The van der Waals surface area contributed by atoms with Gasteiger partial charge in [-0.25, -0.2) is 0 Å². The average Bonchev–Trinajstić information content (AvgIpc) is 3.21. The zero-order valence-electron chi connectivity index (χ0n) is 15.1. The molecule has 26 heavy (non-hydrogen) atoms. The molecule has 0 saturated carbocycles. The monoisotopic (exact) mass is 379 g/mol. The molecule has 0 spiro atoms. The van der Waals surface area contributed by atoms with Crippen molar-refractivity contribution in [1.82, 2.24) is 15.1 Å². The van der Waals surface area contributed by atoms with Gasteiger partial charge in [0.25, 0.3) is 5.91 Å². The summed E-state index contributed by atoms with van der Waals surface area (Å²) in [6, 6.07) is 7.22. The number of ether oxygens (including phenoxy) is 1. The Bertz CT molecular complexity index is 623. The van der Waals surface area contributed by atoms with E-state index in [1.54, 1.807) is 0 Å². The van der Waals surface area contributed by atoms with Crippen molar-refractivity contribution in [3.63, 3.8) is 0 Å². The van der Waals surface area contributed by atoms with Crippen LogP contribution in [-0.2, 0) is 20.9 Å². The molecule has 2 aliphatic rings. The molecular weight excluding hydrogens is 354 g/mol. The number of carbonyl (C=O) groups excluding carboxylic acids is 2. The standard InChI is InChI=1S/C19H26ClN3O3/c1-14(18(24)21-13-15-4-6-16(20)7-5-15)22-8-10-23(11-9-22)19(25)17-3-2-12-26-17/h4-7,14,17H,2-3,8-13H2,1H3,(H,21,24). The van der Waals surface area contributed by atoms with Crippen molar-refractivity contribution in [3.05, 3.63) is 34.9 Å². The van der Waals surface area contributed by atoms with Crippen molar-refractivity contribution < 1.29 is 14.3 Å². The maximum Gasteiger partial charge on any atom is 0.251 e. The highest BCUT2D eigenvalue weighted by Crippen LogP contribution is 2.16. The predicted octanol–water partition coefficient (Wildman–Crippen LogP) is 1.67. The summed E-state index contributed by atoms with van der Waals surface area (Å²) in [6.45, 7) is 5.77. The third kappa shape index (κ3) is 4.75. The first-order chi connectivity index (χ1) is 12.5. The van der Waals surface area contributed by atoms with Gasteiger partial charge in [-0.15, -0.1) is 0 Å². The first kappa shape index (κ1) is 19.1. The number of hydrogen-bond acceptors (Lipinski definition) is 4. The average molecular weight is 380 g/mol. The predicted molar refractivity (Wildman–Crippen MR) is 99.9 cm³/mol. The lowest BCUT2D eigenvalue weighted by atomic mass is 10.1. The molecule has 0 bridgehead atoms. The van der Waals surface area contributed by atoms with Gasteiger partial charge in [0, 0.05) is 44.4 Å². The number of nitrogens with one attached hydrogen (secondary N) is 1.